The Morgan fingerprint density at radius 1 is 1.21 bits per heavy atom. The average molecular weight is 206 g/mol. The predicted octanol–water partition coefficient (Wildman–Crippen LogP) is 2.64. The van der Waals surface area contributed by atoms with E-state index in [0.717, 1.165) is 7.11 Å². The molecule has 5 heteroatoms. The van der Waals surface area contributed by atoms with E-state index in [1.165, 1.54) is 24.3 Å². The molecule has 0 radical (unpaired) electrons. The highest BCUT2D eigenvalue weighted by Crippen LogP contribution is 2.35. The smallest absolute Gasteiger partial charge is 0.418 e. The maximum Gasteiger partial charge on any atom is 0.418 e. The standard InChI is InChI=1S/C9H9F3O2/c1-14-8(9(10,11)12)6-2-4-7(13)5-3-6/h2-5,8,13H,1H3. The molecule has 0 aliphatic carbocycles. The zero-order chi connectivity index (χ0) is 10.8. The van der Waals surface area contributed by atoms with Gasteiger partial charge in [0, 0.05) is 7.11 Å². The van der Waals surface area contributed by atoms with Crippen LogP contribution in [-0.2, 0) is 4.74 Å². The summed E-state index contributed by atoms with van der Waals surface area (Å²) in [6.07, 6.45) is -6.38. The van der Waals surface area contributed by atoms with Crippen molar-refractivity contribution in [3.63, 3.8) is 0 Å². The number of ether oxygens (including phenoxy) is 1. The van der Waals surface area contributed by atoms with Crippen LogP contribution >= 0.6 is 0 Å². The summed E-state index contributed by atoms with van der Waals surface area (Å²) in [4.78, 5) is 0. The average Bonchev–Trinajstić information content (AvgIpc) is 2.07. The van der Waals surface area contributed by atoms with E-state index < -0.39 is 12.3 Å². The second-order valence-electron chi connectivity index (χ2n) is 2.75. The fraction of sp³-hybridized carbons (Fsp3) is 0.333. The van der Waals surface area contributed by atoms with Gasteiger partial charge in [-0.2, -0.15) is 13.2 Å². The highest BCUT2D eigenvalue weighted by molar-refractivity contribution is 5.28. The largest absolute Gasteiger partial charge is 0.508 e. The summed E-state index contributed by atoms with van der Waals surface area (Å²) in [5.41, 5.74) is -0.0298. The minimum absolute atomic E-state index is 0.0298. The fourth-order valence-corrected chi connectivity index (χ4v) is 1.11. The van der Waals surface area contributed by atoms with Gasteiger partial charge in [-0.15, -0.1) is 0 Å². The first-order valence-corrected chi connectivity index (χ1v) is 3.83. The van der Waals surface area contributed by atoms with Gasteiger partial charge in [0.1, 0.15) is 5.75 Å². The van der Waals surface area contributed by atoms with Crippen LogP contribution in [0.15, 0.2) is 24.3 Å². The van der Waals surface area contributed by atoms with Crippen molar-refractivity contribution in [1.29, 1.82) is 0 Å². The first-order chi connectivity index (χ1) is 6.45. The van der Waals surface area contributed by atoms with Gasteiger partial charge in [0.15, 0.2) is 6.10 Å². The summed E-state index contributed by atoms with van der Waals surface area (Å²) in [7, 11) is 0.991. The number of hydrogen-bond donors (Lipinski definition) is 1. The van der Waals surface area contributed by atoms with Crippen molar-refractivity contribution in [3.8, 4) is 5.75 Å². The number of aromatic hydroxyl groups is 1. The van der Waals surface area contributed by atoms with Crippen LogP contribution in [0.5, 0.6) is 5.75 Å². The Morgan fingerprint density at radius 3 is 2.07 bits per heavy atom. The van der Waals surface area contributed by atoms with Gasteiger partial charge in [-0.1, -0.05) is 12.1 Å². The Balaban J connectivity index is 2.96. The van der Waals surface area contributed by atoms with Gasteiger partial charge >= 0.3 is 6.18 Å². The molecular formula is C9H9F3O2. The van der Waals surface area contributed by atoms with Crippen molar-refractivity contribution in [3.05, 3.63) is 29.8 Å². The molecule has 1 N–H and O–H groups in total. The van der Waals surface area contributed by atoms with E-state index in [9.17, 15) is 13.2 Å². The fourth-order valence-electron chi connectivity index (χ4n) is 1.11. The van der Waals surface area contributed by atoms with E-state index in [1.807, 2.05) is 0 Å². The van der Waals surface area contributed by atoms with Crippen LogP contribution in [0.25, 0.3) is 0 Å². The van der Waals surface area contributed by atoms with Crippen LogP contribution in [0, 0.1) is 0 Å². The topological polar surface area (TPSA) is 29.5 Å². The van der Waals surface area contributed by atoms with Gasteiger partial charge in [0.25, 0.3) is 0 Å². The number of halogens is 3. The van der Waals surface area contributed by atoms with E-state index in [1.54, 1.807) is 0 Å². The Kier molecular flexibility index (Phi) is 3.00. The molecule has 2 nitrogen and oxygen atoms in total. The molecule has 0 heterocycles. The number of rotatable bonds is 2. The van der Waals surface area contributed by atoms with Crippen molar-refractivity contribution in [2.75, 3.05) is 7.11 Å². The van der Waals surface area contributed by atoms with E-state index in [0.29, 0.717) is 0 Å². The molecule has 0 bridgehead atoms. The molecule has 0 saturated heterocycles. The van der Waals surface area contributed by atoms with E-state index in [4.69, 9.17) is 5.11 Å². The molecule has 0 fully saturated rings. The van der Waals surface area contributed by atoms with Gasteiger partial charge in [0.05, 0.1) is 0 Å². The summed E-state index contributed by atoms with van der Waals surface area (Å²) in [5.74, 6) is -0.0780. The van der Waals surface area contributed by atoms with Crippen LogP contribution in [0.2, 0.25) is 0 Å². The molecule has 0 aromatic heterocycles. The quantitative estimate of drug-likeness (QED) is 0.805. The maximum absolute atomic E-state index is 12.3. The minimum atomic E-state index is -4.44. The molecule has 0 aliphatic heterocycles. The molecule has 1 aromatic carbocycles. The second-order valence-corrected chi connectivity index (χ2v) is 2.75. The Hall–Kier alpha value is -1.23. The van der Waals surface area contributed by atoms with Crippen molar-refractivity contribution in [1.82, 2.24) is 0 Å². The van der Waals surface area contributed by atoms with Crippen LogP contribution in [0.3, 0.4) is 0 Å². The van der Waals surface area contributed by atoms with Gasteiger partial charge in [-0.05, 0) is 17.7 Å². The molecule has 1 rings (SSSR count). The highest BCUT2D eigenvalue weighted by Gasteiger charge is 2.40. The Labute approximate surface area is 78.9 Å². The number of benzene rings is 1. The Morgan fingerprint density at radius 2 is 1.71 bits per heavy atom. The third-order valence-corrected chi connectivity index (χ3v) is 1.73. The van der Waals surface area contributed by atoms with E-state index >= 15 is 0 Å². The first-order valence-electron chi connectivity index (χ1n) is 3.83. The van der Waals surface area contributed by atoms with Crippen LogP contribution in [0.4, 0.5) is 13.2 Å². The Bertz CT molecular complexity index is 292. The van der Waals surface area contributed by atoms with Crippen LogP contribution in [0.1, 0.15) is 11.7 Å². The third kappa shape index (κ3) is 2.38. The number of phenolic OH excluding ortho intramolecular Hbond substituents is 1. The van der Waals surface area contributed by atoms with Gasteiger partial charge in [-0.3, -0.25) is 0 Å². The molecule has 1 unspecified atom stereocenters. The maximum atomic E-state index is 12.3. The van der Waals surface area contributed by atoms with Crippen molar-refractivity contribution in [2.45, 2.75) is 12.3 Å². The molecule has 0 saturated carbocycles. The lowest BCUT2D eigenvalue weighted by Crippen LogP contribution is -2.22. The molecular weight excluding hydrogens is 197 g/mol. The van der Waals surface area contributed by atoms with E-state index in [-0.39, 0.29) is 11.3 Å². The summed E-state index contributed by atoms with van der Waals surface area (Å²) in [5, 5.41) is 8.89. The molecule has 0 spiro atoms. The minimum Gasteiger partial charge on any atom is -0.508 e. The van der Waals surface area contributed by atoms with Gasteiger partial charge < -0.3 is 9.84 Å². The molecule has 14 heavy (non-hydrogen) atoms. The predicted molar refractivity (Wildman–Crippen MR) is 43.9 cm³/mol. The normalized spacial score (nSPS) is 14.0. The molecule has 78 valence electrons. The number of methoxy groups -OCH3 is 1. The molecule has 1 aromatic rings. The summed E-state index contributed by atoms with van der Waals surface area (Å²) < 4.78 is 41.3. The zero-order valence-corrected chi connectivity index (χ0v) is 7.38. The van der Waals surface area contributed by atoms with Crippen molar-refractivity contribution in [2.24, 2.45) is 0 Å². The number of hydrogen-bond acceptors (Lipinski definition) is 2. The summed E-state index contributed by atoms with van der Waals surface area (Å²) in [6.45, 7) is 0. The lowest BCUT2D eigenvalue weighted by molar-refractivity contribution is -0.215. The second kappa shape index (κ2) is 3.88. The van der Waals surface area contributed by atoms with Gasteiger partial charge in [0.2, 0.25) is 0 Å². The monoisotopic (exact) mass is 206 g/mol. The van der Waals surface area contributed by atoms with E-state index in [2.05, 4.69) is 4.74 Å². The molecule has 0 amide bonds. The zero-order valence-electron chi connectivity index (χ0n) is 7.38. The van der Waals surface area contributed by atoms with Crippen molar-refractivity contribution < 1.29 is 23.0 Å². The molecule has 0 aliphatic rings. The highest BCUT2D eigenvalue weighted by atomic mass is 19.4. The lowest BCUT2D eigenvalue weighted by atomic mass is 10.1. The van der Waals surface area contributed by atoms with Crippen LogP contribution < -0.4 is 0 Å². The summed E-state index contributed by atoms with van der Waals surface area (Å²) >= 11 is 0. The lowest BCUT2D eigenvalue weighted by Gasteiger charge is -2.18. The first kappa shape index (κ1) is 10.8. The van der Waals surface area contributed by atoms with Gasteiger partial charge in [-0.25, -0.2) is 0 Å². The van der Waals surface area contributed by atoms with Crippen molar-refractivity contribution >= 4 is 0 Å². The third-order valence-electron chi connectivity index (χ3n) is 1.73. The molecule has 1 atom stereocenters. The summed E-state index contributed by atoms with van der Waals surface area (Å²) in [6, 6.07) is 4.73. The number of phenols is 1. The SMILES string of the molecule is COC(c1ccc(O)cc1)C(F)(F)F. The number of alkyl halides is 3. The van der Waals surface area contributed by atoms with Crippen LogP contribution in [-0.4, -0.2) is 18.4 Å².